The fraction of sp³-hybridized carbons (Fsp3) is 0.222. The van der Waals surface area contributed by atoms with Crippen LogP contribution in [0.15, 0.2) is 36.4 Å². The van der Waals surface area contributed by atoms with E-state index in [1.54, 1.807) is 38.1 Å². The average molecular weight is 461 g/mol. The molecule has 0 unspecified atom stereocenters. The van der Waals surface area contributed by atoms with Crippen molar-refractivity contribution >= 4 is 12.6 Å². The maximum atomic E-state index is 11.2. The van der Waals surface area contributed by atoms with Crippen LogP contribution in [0.1, 0.15) is 34.6 Å². The summed E-state index contributed by atoms with van der Waals surface area (Å²) in [5.74, 6) is -0.201. The van der Waals surface area contributed by atoms with Crippen molar-refractivity contribution in [1.29, 1.82) is 0 Å². The van der Waals surface area contributed by atoms with Crippen LogP contribution in [0.25, 0.3) is 16.0 Å². The SMILES string of the molecule is CCOc1cccc(C=O)c1[O-].CCOc1cccc(C=O)c1[O-].[N-]=[N+]=[N-].[Na+].[Zn+2]. The first kappa shape index (κ1) is 31.6. The fourth-order valence-corrected chi connectivity index (χ4v) is 1.79. The van der Waals surface area contributed by atoms with Gasteiger partial charge in [-0.3, -0.25) is 14.5 Å². The maximum Gasteiger partial charge on any atom is 2.00 e. The molecular formula is C18H18N3NaO6Zn. The van der Waals surface area contributed by atoms with Crippen molar-refractivity contribution in [2.75, 3.05) is 13.2 Å². The molecule has 29 heavy (non-hydrogen) atoms. The van der Waals surface area contributed by atoms with Crippen LogP contribution in [0.5, 0.6) is 23.0 Å². The second-order valence-electron chi connectivity index (χ2n) is 4.54. The summed E-state index contributed by atoms with van der Waals surface area (Å²) in [7, 11) is 0. The van der Waals surface area contributed by atoms with Gasteiger partial charge in [0, 0.05) is 11.1 Å². The largest absolute Gasteiger partial charge is 2.00 e. The molecule has 0 aromatic heterocycles. The Morgan fingerprint density at radius 1 is 0.862 bits per heavy atom. The topological polar surface area (TPSA) is 157 Å². The Hall–Kier alpha value is -2.09. The number of rotatable bonds is 6. The summed E-state index contributed by atoms with van der Waals surface area (Å²) >= 11 is 0. The van der Waals surface area contributed by atoms with E-state index in [0.29, 0.717) is 25.8 Å². The summed E-state index contributed by atoms with van der Waals surface area (Å²) in [6.07, 6.45) is 1.07. The third-order valence-electron chi connectivity index (χ3n) is 2.87. The number of para-hydroxylation sites is 2. The third kappa shape index (κ3) is 11.5. The predicted octanol–water partition coefficient (Wildman–Crippen LogP) is -0.190. The molecule has 11 heteroatoms. The Morgan fingerprint density at radius 3 is 1.41 bits per heavy atom. The minimum absolute atomic E-state index is 0. The third-order valence-corrected chi connectivity index (χ3v) is 2.87. The van der Waals surface area contributed by atoms with Crippen LogP contribution in [-0.2, 0) is 19.5 Å². The Morgan fingerprint density at radius 2 is 1.17 bits per heavy atom. The number of benzene rings is 2. The first-order valence-electron chi connectivity index (χ1n) is 7.74. The Kier molecular flexibility index (Phi) is 21.0. The molecule has 2 aromatic rings. The van der Waals surface area contributed by atoms with Crippen LogP contribution in [0, 0.1) is 0 Å². The smallest absolute Gasteiger partial charge is 0.869 e. The second kappa shape index (κ2) is 19.2. The molecule has 0 atom stereocenters. The number of carbonyl (C=O) groups is 2. The van der Waals surface area contributed by atoms with E-state index >= 15 is 0 Å². The van der Waals surface area contributed by atoms with Crippen LogP contribution < -0.4 is 49.2 Å². The minimum Gasteiger partial charge on any atom is -0.869 e. The summed E-state index contributed by atoms with van der Waals surface area (Å²) in [4.78, 5) is 22.2. The molecule has 144 valence electrons. The molecule has 0 aliphatic rings. The van der Waals surface area contributed by atoms with Crippen molar-refractivity contribution in [3.63, 3.8) is 0 Å². The molecule has 0 bridgehead atoms. The van der Waals surface area contributed by atoms with Crippen molar-refractivity contribution in [2.24, 2.45) is 0 Å². The Bertz CT molecular complexity index is 727. The molecule has 0 N–H and O–H groups in total. The van der Waals surface area contributed by atoms with E-state index < -0.39 is 0 Å². The van der Waals surface area contributed by atoms with Crippen molar-refractivity contribution in [3.8, 4) is 23.0 Å². The predicted molar refractivity (Wildman–Crippen MR) is 95.0 cm³/mol. The first-order chi connectivity index (χ1) is 13.0. The van der Waals surface area contributed by atoms with Gasteiger partial charge in [-0.05, 0) is 26.0 Å². The number of ether oxygens (including phenoxy) is 2. The van der Waals surface area contributed by atoms with Crippen LogP contribution in [0.2, 0.25) is 0 Å². The molecule has 0 heterocycles. The average Bonchev–Trinajstić information content (AvgIpc) is 2.67. The van der Waals surface area contributed by atoms with Crippen LogP contribution in [-0.4, -0.2) is 25.8 Å². The number of nitrogens with zero attached hydrogens (tertiary/aromatic N) is 3. The zero-order valence-corrected chi connectivity index (χ0v) is 21.5. The van der Waals surface area contributed by atoms with Gasteiger partial charge < -0.3 is 30.7 Å². The van der Waals surface area contributed by atoms with Gasteiger partial charge in [-0.1, -0.05) is 35.8 Å². The number of hydrogen-bond acceptors (Lipinski definition) is 6. The summed E-state index contributed by atoms with van der Waals surface area (Å²) in [6, 6.07) is 9.29. The van der Waals surface area contributed by atoms with Crippen molar-refractivity contribution in [1.82, 2.24) is 0 Å². The zero-order chi connectivity index (χ0) is 20.7. The van der Waals surface area contributed by atoms with Gasteiger partial charge in [-0.2, -0.15) is 0 Å². The molecular weight excluding hydrogens is 443 g/mol. The zero-order valence-electron chi connectivity index (χ0n) is 16.5. The van der Waals surface area contributed by atoms with Crippen molar-refractivity contribution in [3.05, 3.63) is 63.5 Å². The molecule has 0 spiro atoms. The van der Waals surface area contributed by atoms with Gasteiger partial charge >= 0.3 is 49.0 Å². The van der Waals surface area contributed by atoms with E-state index in [0.717, 1.165) is 0 Å². The standard InChI is InChI=1S/2C9H10O3.N3.Na.Zn/c2*1-2-12-8-5-3-4-7(6-10)9(8)11;1-3-2;;/h2*3-6,11H,2H2,1H3;;;/q;;-1;+1;+2/p-2. The molecule has 2 aromatic carbocycles. The van der Waals surface area contributed by atoms with Gasteiger partial charge in [0.15, 0.2) is 0 Å². The molecule has 0 aliphatic carbocycles. The number of hydrogen-bond donors (Lipinski definition) is 0. The second-order valence-corrected chi connectivity index (χ2v) is 4.54. The molecule has 2 rings (SSSR count). The maximum absolute atomic E-state index is 11.2. The molecule has 9 nitrogen and oxygen atoms in total. The summed E-state index contributed by atoms with van der Waals surface area (Å²) in [5, 5.41) is 22.5. The van der Waals surface area contributed by atoms with Crippen LogP contribution in [0.4, 0.5) is 0 Å². The molecule has 0 radical (unpaired) electrons. The molecule has 0 saturated heterocycles. The van der Waals surface area contributed by atoms with Gasteiger partial charge in [-0.15, -0.1) is 0 Å². The molecule has 0 aliphatic heterocycles. The Labute approximate surface area is 203 Å². The van der Waals surface area contributed by atoms with Gasteiger partial charge in [0.2, 0.25) is 0 Å². The van der Waals surface area contributed by atoms with Crippen LogP contribution in [0.3, 0.4) is 0 Å². The molecule has 0 amide bonds. The van der Waals surface area contributed by atoms with E-state index in [9.17, 15) is 19.8 Å². The van der Waals surface area contributed by atoms with E-state index in [2.05, 4.69) is 0 Å². The van der Waals surface area contributed by atoms with Crippen molar-refractivity contribution in [2.45, 2.75) is 13.8 Å². The molecule has 0 saturated carbocycles. The number of carbonyl (C=O) groups excluding carboxylic acids is 2. The quantitative estimate of drug-likeness (QED) is 0.191. The van der Waals surface area contributed by atoms with Crippen molar-refractivity contribution < 1.29 is 78.3 Å². The van der Waals surface area contributed by atoms with Crippen LogP contribution >= 0.6 is 0 Å². The summed E-state index contributed by atoms with van der Waals surface area (Å²) in [6.45, 7) is 4.43. The van der Waals surface area contributed by atoms with E-state index in [-0.39, 0.29) is 83.2 Å². The van der Waals surface area contributed by atoms with Gasteiger partial charge in [-0.25, -0.2) is 0 Å². The summed E-state index contributed by atoms with van der Waals surface area (Å²) < 4.78 is 10.0. The first-order valence-corrected chi connectivity index (χ1v) is 7.74. The van der Waals surface area contributed by atoms with E-state index in [1.165, 1.54) is 17.0 Å². The Balaban J connectivity index is -0.000000387. The monoisotopic (exact) mass is 459 g/mol. The van der Waals surface area contributed by atoms with Gasteiger partial charge in [0.25, 0.3) is 0 Å². The van der Waals surface area contributed by atoms with E-state index in [4.69, 9.17) is 20.5 Å². The van der Waals surface area contributed by atoms with Gasteiger partial charge in [0.05, 0.1) is 13.2 Å². The minimum atomic E-state index is -0.339. The van der Waals surface area contributed by atoms with Gasteiger partial charge in [0.1, 0.15) is 24.1 Å². The molecule has 0 fully saturated rings. The normalized spacial score (nSPS) is 8.07. The number of aldehydes is 2. The fourth-order valence-electron chi connectivity index (χ4n) is 1.79. The van der Waals surface area contributed by atoms with E-state index in [1.807, 2.05) is 0 Å². The summed E-state index contributed by atoms with van der Waals surface area (Å²) in [5.41, 5.74) is 13.8.